The summed E-state index contributed by atoms with van der Waals surface area (Å²) in [6.45, 7) is 7.10. The van der Waals surface area contributed by atoms with Crippen LogP contribution in [-0.2, 0) is 26.3 Å². The number of carbonyl (C=O) groups excluding carboxylic acids is 2. The highest BCUT2D eigenvalue weighted by Crippen LogP contribution is 2.22. The van der Waals surface area contributed by atoms with Crippen LogP contribution in [0, 0.1) is 0 Å². The predicted octanol–water partition coefficient (Wildman–Crippen LogP) is 3.03. The van der Waals surface area contributed by atoms with Crippen LogP contribution in [0.15, 0.2) is 54.6 Å². The van der Waals surface area contributed by atoms with Crippen LogP contribution in [0.4, 0.5) is 5.69 Å². The van der Waals surface area contributed by atoms with Crippen molar-refractivity contribution in [3.8, 4) is 5.75 Å². The molecule has 36 heavy (non-hydrogen) atoms. The summed E-state index contributed by atoms with van der Waals surface area (Å²) in [5, 5.41) is 2.95. The fourth-order valence-corrected chi connectivity index (χ4v) is 4.67. The van der Waals surface area contributed by atoms with Gasteiger partial charge in [0.05, 0.1) is 12.8 Å². The summed E-state index contributed by atoms with van der Waals surface area (Å²) in [6.07, 6.45) is 0.357. The minimum absolute atomic E-state index is 0.129. The normalized spacial score (nSPS) is 12.7. The van der Waals surface area contributed by atoms with E-state index in [2.05, 4.69) is 5.32 Å². The van der Waals surface area contributed by atoms with Gasteiger partial charge in [-0.05, 0) is 57.0 Å². The number of nitrogens with zero attached hydrogens (tertiary/aromatic N) is 3. The third kappa shape index (κ3) is 7.69. The summed E-state index contributed by atoms with van der Waals surface area (Å²) >= 11 is 0. The second-order valence-corrected chi connectivity index (χ2v) is 11.7. The van der Waals surface area contributed by atoms with Crippen molar-refractivity contribution in [3.63, 3.8) is 0 Å². The molecule has 0 aliphatic carbocycles. The largest absolute Gasteiger partial charge is 0.497 e. The Morgan fingerprint density at radius 2 is 1.58 bits per heavy atom. The van der Waals surface area contributed by atoms with Crippen LogP contribution in [0.3, 0.4) is 0 Å². The van der Waals surface area contributed by atoms with Gasteiger partial charge < -0.3 is 15.0 Å². The van der Waals surface area contributed by atoms with Crippen LogP contribution >= 0.6 is 0 Å². The second-order valence-electron chi connectivity index (χ2n) is 9.67. The van der Waals surface area contributed by atoms with Gasteiger partial charge in [-0.15, -0.1) is 0 Å². The van der Waals surface area contributed by atoms with Crippen molar-refractivity contribution in [2.24, 2.45) is 0 Å². The van der Waals surface area contributed by atoms with E-state index >= 15 is 0 Å². The van der Waals surface area contributed by atoms with E-state index in [-0.39, 0.29) is 12.5 Å². The van der Waals surface area contributed by atoms with Gasteiger partial charge in [-0.25, -0.2) is 4.31 Å². The van der Waals surface area contributed by atoms with Gasteiger partial charge in [0.25, 0.3) is 0 Å². The van der Waals surface area contributed by atoms with E-state index < -0.39 is 34.2 Å². The van der Waals surface area contributed by atoms with E-state index in [1.54, 1.807) is 49.6 Å². The van der Waals surface area contributed by atoms with Gasteiger partial charge in [-0.3, -0.25) is 9.59 Å². The molecule has 0 aromatic heterocycles. The average Bonchev–Trinajstić information content (AvgIpc) is 2.81. The number of para-hydroxylation sites is 1. The molecule has 2 rings (SSSR count). The topological polar surface area (TPSA) is 99.3 Å². The van der Waals surface area contributed by atoms with Gasteiger partial charge in [0.2, 0.25) is 11.8 Å². The first-order valence-electron chi connectivity index (χ1n) is 11.8. The number of methoxy groups -OCH3 is 1. The number of hydrogen-bond acceptors (Lipinski definition) is 5. The fourth-order valence-electron chi connectivity index (χ4n) is 3.61. The summed E-state index contributed by atoms with van der Waals surface area (Å²) in [4.78, 5) is 28.5. The zero-order valence-electron chi connectivity index (χ0n) is 22.2. The molecule has 9 nitrogen and oxygen atoms in total. The van der Waals surface area contributed by atoms with Crippen molar-refractivity contribution in [3.05, 3.63) is 60.2 Å². The van der Waals surface area contributed by atoms with Gasteiger partial charge >= 0.3 is 10.2 Å². The molecular weight excluding hydrogens is 480 g/mol. The molecule has 10 heteroatoms. The van der Waals surface area contributed by atoms with E-state index in [0.29, 0.717) is 17.9 Å². The van der Waals surface area contributed by atoms with Gasteiger partial charge in [-0.2, -0.15) is 12.7 Å². The molecular formula is C26H38N4O5S. The van der Waals surface area contributed by atoms with E-state index in [9.17, 15) is 18.0 Å². The smallest absolute Gasteiger partial charge is 0.304 e. The highest BCUT2D eigenvalue weighted by Gasteiger charge is 2.34. The lowest BCUT2D eigenvalue weighted by atomic mass is 10.1. The number of benzene rings is 2. The van der Waals surface area contributed by atoms with Crippen LogP contribution in [0.1, 0.15) is 39.7 Å². The Morgan fingerprint density at radius 3 is 2.06 bits per heavy atom. The summed E-state index contributed by atoms with van der Waals surface area (Å²) in [5.41, 5.74) is 0.646. The average molecular weight is 519 g/mol. The summed E-state index contributed by atoms with van der Waals surface area (Å²) in [6, 6.07) is 14.8. The van der Waals surface area contributed by atoms with Crippen molar-refractivity contribution in [1.29, 1.82) is 0 Å². The number of rotatable bonds is 11. The third-order valence-electron chi connectivity index (χ3n) is 5.46. The van der Waals surface area contributed by atoms with Crippen molar-refractivity contribution in [2.75, 3.05) is 32.1 Å². The summed E-state index contributed by atoms with van der Waals surface area (Å²) in [7, 11) is 0.412. The molecule has 0 aliphatic rings. The number of carbonyl (C=O) groups is 2. The van der Waals surface area contributed by atoms with Crippen LogP contribution in [-0.4, -0.2) is 68.8 Å². The molecule has 1 N–H and O–H groups in total. The predicted molar refractivity (Wildman–Crippen MR) is 142 cm³/mol. The molecule has 0 fully saturated rings. The zero-order chi connectivity index (χ0) is 27.1. The molecule has 0 saturated carbocycles. The third-order valence-corrected chi connectivity index (χ3v) is 7.28. The molecule has 0 spiro atoms. The minimum atomic E-state index is -3.98. The SMILES string of the molecule is CC[C@H](C(=O)NC(C)(C)C)N(Cc1ccc(OC)cc1)C(=O)CN(c1ccccc1)S(=O)(=O)N(C)C. The van der Waals surface area contributed by atoms with Crippen molar-refractivity contribution in [2.45, 2.75) is 52.2 Å². The Hall–Kier alpha value is -3.11. The van der Waals surface area contributed by atoms with Gasteiger partial charge in [-0.1, -0.05) is 37.3 Å². The Labute approximate surface area is 215 Å². The van der Waals surface area contributed by atoms with Crippen LogP contribution < -0.4 is 14.4 Å². The van der Waals surface area contributed by atoms with Gasteiger partial charge in [0, 0.05) is 26.2 Å². The standard InChI is InChI=1S/C26H38N4O5S/c1-8-23(25(32)27-26(2,3)4)29(18-20-14-16-22(35-7)17-15-20)24(31)19-30(36(33,34)28(5)6)21-12-10-9-11-13-21/h9-17,23H,8,18-19H2,1-7H3,(H,27,32)/t23-/m1/s1. The molecule has 2 aromatic carbocycles. The van der Waals surface area contributed by atoms with E-state index in [1.807, 2.05) is 39.8 Å². The zero-order valence-corrected chi connectivity index (χ0v) is 23.0. The van der Waals surface area contributed by atoms with Crippen molar-refractivity contribution in [1.82, 2.24) is 14.5 Å². The van der Waals surface area contributed by atoms with Crippen LogP contribution in [0.5, 0.6) is 5.75 Å². The first kappa shape index (κ1) is 29.1. The Kier molecular flexibility index (Phi) is 9.89. The molecule has 0 heterocycles. The Balaban J connectivity index is 2.49. The maximum atomic E-state index is 13.8. The monoisotopic (exact) mass is 518 g/mol. The first-order valence-corrected chi connectivity index (χ1v) is 13.2. The number of anilines is 1. The molecule has 0 aliphatic heterocycles. The number of nitrogens with one attached hydrogen (secondary N) is 1. The molecule has 0 bridgehead atoms. The highest BCUT2D eigenvalue weighted by molar-refractivity contribution is 7.90. The maximum Gasteiger partial charge on any atom is 0.304 e. The highest BCUT2D eigenvalue weighted by atomic mass is 32.2. The van der Waals surface area contributed by atoms with E-state index in [4.69, 9.17) is 4.74 Å². The van der Waals surface area contributed by atoms with E-state index in [1.165, 1.54) is 19.0 Å². The Morgan fingerprint density at radius 1 is 1.00 bits per heavy atom. The van der Waals surface area contributed by atoms with Crippen LogP contribution in [0.2, 0.25) is 0 Å². The van der Waals surface area contributed by atoms with Crippen molar-refractivity contribution >= 4 is 27.7 Å². The molecule has 0 saturated heterocycles. The Bertz CT molecular complexity index is 1110. The molecule has 0 radical (unpaired) electrons. The second kappa shape index (κ2) is 12.2. The molecule has 0 unspecified atom stereocenters. The molecule has 2 amide bonds. The van der Waals surface area contributed by atoms with E-state index in [0.717, 1.165) is 14.2 Å². The van der Waals surface area contributed by atoms with Crippen LogP contribution in [0.25, 0.3) is 0 Å². The lowest BCUT2D eigenvalue weighted by Gasteiger charge is -2.35. The number of hydrogen-bond donors (Lipinski definition) is 1. The molecule has 1 atom stereocenters. The summed E-state index contributed by atoms with van der Waals surface area (Å²) in [5.74, 6) is -0.119. The minimum Gasteiger partial charge on any atom is -0.497 e. The maximum absolute atomic E-state index is 13.8. The lowest BCUT2D eigenvalue weighted by Crippen LogP contribution is -2.55. The molecule has 198 valence electrons. The van der Waals surface area contributed by atoms with Gasteiger partial charge in [0.15, 0.2) is 0 Å². The number of amides is 2. The van der Waals surface area contributed by atoms with Gasteiger partial charge in [0.1, 0.15) is 18.3 Å². The quantitative estimate of drug-likeness (QED) is 0.493. The lowest BCUT2D eigenvalue weighted by molar-refractivity contribution is -0.141. The number of ether oxygens (including phenoxy) is 1. The fraction of sp³-hybridized carbons (Fsp3) is 0.462. The first-order chi connectivity index (χ1) is 16.8. The molecule has 2 aromatic rings. The van der Waals surface area contributed by atoms with Crippen molar-refractivity contribution < 1.29 is 22.7 Å². The summed E-state index contributed by atoms with van der Waals surface area (Å²) < 4.78 is 33.7.